The molecule has 3 heterocycles. The quantitative estimate of drug-likeness (QED) is 0.282. The maximum atomic E-state index is 13.7. The Kier molecular flexibility index (Phi) is 4.20. The molecule has 0 aromatic rings. The minimum Gasteiger partial charge on any atom is -0.455 e. The number of carbonyl (C=O) groups excluding carboxylic acids is 1. The number of hydrogen-bond acceptors (Lipinski definition) is 6. The van der Waals surface area contributed by atoms with Gasteiger partial charge in [0.1, 0.15) is 11.7 Å². The van der Waals surface area contributed by atoms with Gasteiger partial charge in [0.15, 0.2) is 11.4 Å². The highest BCUT2D eigenvalue weighted by molar-refractivity contribution is 5.82. The fourth-order valence-electron chi connectivity index (χ4n) is 12.2. The molecule has 6 heteroatoms. The van der Waals surface area contributed by atoms with Gasteiger partial charge in [-0.2, -0.15) is 0 Å². The number of aliphatic hydroxyl groups is 1. The summed E-state index contributed by atoms with van der Waals surface area (Å²) in [4.78, 5) is 13.7. The van der Waals surface area contributed by atoms with Crippen molar-refractivity contribution in [3.8, 4) is 0 Å². The van der Waals surface area contributed by atoms with Crippen LogP contribution in [0, 0.1) is 39.4 Å². The number of ether oxygens (including phenoxy) is 4. The Morgan fingerprint density at radius 2 is 1.76 bits per heavy atom. The summed E-state index contributed by atoms with van der Waals surface area (Å²) in [5.74, 6) is -0.0442. The summed E-state index contributed by atoms with van der Waals surface area (Å²) in [6, 6.07) is 0. The molecule has 1 spiro atoms. The number of allylic oxidation sites excluding steroid dienone is 1. The van der Waals surface area contributed by atoms with Crippen LogP contribution < -0.4 is 0 Å². The Labute approximate surface area is 220 Å². The van der Waals surface area contributed by atoms with E-state index in [1.807, 2.05) is 13.8 Å². The highest BCUT2D eigenvalue weighted by Gasteiger charge is 2.89. The molecule has 0 aromatic heterocycles. The maximum absolute atomic E-state index is 13.7. The molecule has 8 fully saturated rings. The topological polar surface area (TPSA) is 77.5 Å². The monoisotopic (exact) mass is 512 g/mol. The van der Waals surface area contributed by atoms with Crippen LogP contribution in [-0.2, 0) is 23.7 Å². The third-order valence-corrected chi connectivity index (χ3v) is 14.1. The number of fused-ring (bicyclic) bond motifs is 8. The van der Waals surface area contributed by atoms with Crippen LogP contribution in [0.5, 0.6) is 0 Å². The molecular weight excluding hydrogens is 468 g/mol. The van der Waals surface area contributed by atoms with Crippen LogP contribution >= 0.6 is 0 Å². The number of carbonyl (C=O) groups is 1. The first-order chi connectivity index (χ1) is 17.3. The van der Waals surface area contributed by atoms with Gasteiger partial charge in [-0.15, -0.1) is 0 Å². The van der Waals surface area contributed by atoms with Crippen LogP contribution in [0.25, 0.3) is 0 Å². The lowest BCUT2D eigenvalue weighted by Crippen LogP contribution is -2.76. The van der Waals surface area contributed by atoms with E-state index in [4.69, 9.17) is 18.9 Å². The van der Waals surface area contributed by atoms with Crippen LogP contribution in [0.3, 0.4) is 0 Å². The molecule has 12 unspecified atom stereocenters. The second kappa shape index (κ2) is 6.50. The van der Waals surface area contributed by atoms with Gasteiger partial charge in [-0.05, 0) is 94.3 Å². The van der Waals surface area contributed by atoms with Gasteiger partial charge in [0.25, 0.3) is 0 Å². The smallest absolute Gasteiger partial charge is 0.313 e. The number of esters is 1. The van der Waals surface area contributed by atoms with E-state index in [9.17, 15) is 9.90 Å². The molecule has 204 valence electrons. The van der Waals surface area contributed by atoms with Crippen LogP contribution in [0.2, 0.25) is 0 Å². The highest BCUT2D eigenvalue weighted by Crippen LogP contribution is 2.83. The molecule has 3 aliphatic heterocycles. The SMILES string of the molecule is C=C1CCC23CCC4(C)C5(C)CCC6C(C)(CCC7OC(C)(C)OCC76O)C5C5OC5C4(OC2=O)C3C1. The molecule has 0 aromatic carbocycles. The van der Waals surface area contributed by atoms with Crippen molar-refractivity contribution in [1.29, 1.82) is 0 Å². The second-order valence-corrected chi connectivity index (χ2v) is 15.5. The zero-order valence-electron chi connectivity index (χ0n) is 23.2. The van der Waals surface area contributed by atoms with E-state index in [0.717, 1.165) is 57.8 Å². The van der Waals surface area contributed by atoms with Gasteiger partial charge in [-0.1, -0.05) is 32.9 Å². The summed E-state index contributed by atoms with van der Waals surface area (Å²) in [7, 11) is 0. The summed E-state index contributed by atoms with van der Waals surface area (Å²) >= 11 is 0. The molecular formula is C31H44O6. The summed E-state index contributed by atoms with van der Waals surface area (Å²) in [5.41, 5.74) is -0.933. The molecule has 37 heavy (non-hydrogen) atoms. The first kappa shape index (κ1) is 23.9. The van der Waals surface area contributed by atoms with Gasteiger partial charge in [0, 0.05) is 11.3 Å². The van der Waals surface area contributed by atoms with Crippen molar-refractivity contribution in [2.45, 2.75) is 128 Å². The van der Waals surface area contributed by atoms with Crippen molar-refractivity contribution in [2.24, 2.45) is 39.4 Å². The Morgan fingerprint density at radius 1 is 0.973 bits per heavy atom. The van der Waals surface area contributed by atoms with Crippen LogP contribution in [0.1, 0.15) is 92.4 Å². The van der Waals surface area contributed by atoms with Gasteiger partial charge in [0.2, 0.25) is 0 Å². The summed E-state index contributed by atoms with van der Waals surface area (Å²) in [6.45, 7) is 16.0. The Bertz CT molecular complexity index is 1120. The molecule has 0 radical (unpaired) electrons. The number of epoxide rings is 1. The predicted octanol–water partition coefficient (Wildman–Crippen LogP) is 4.92. The lowest BCUT2D eigenvalue weighted by molar-refractivity contribution is -0.374. The van der Waals surface area contributed by atoms with Crippen LogP contribution in [0.4, 0.5) is 0 Å². The van der Waals surface area contributed by atoms with Crippen molar-refractivity contribution in [1.82, 2.24) is 0 Å². The van der Waals surface area contributed by atoms with Crippen molar-refractivity contribution in [3.05, 3.63) is 12.2 Å². The normalized spacial score (nSPS) is 62.6. The zero-order valence-corrected chi connectivity index (χ0v) is 23.2. The van der Waals surface area contributed by atoms with E-state index >= 15 is 0 Å². The van der Waals surface area contributed by atoms with Crippen molar-refractivity contribution in [3.63, 3.8) is 0 Å². The van der Waals surface area contributed by atoms with Crippen molar-refractivity contribution in [2.75, 3.05) is 6.61 Å². The minimum absolute atomic E-state index is 0.0406. The van der Waals surface area contributed by atoms with E-state index in [1.165, 1.54) is 5.57 Å². The molecule has 3 saturated heterocycles. The Hall–Kier alpha value is -0.950. The highest BCUT2D eigenvalue weighted by atomic mass is 16.7. The van der Waals surface area contributed by atoms with Gasteiger partial charge in [-0.3, -0.25) is 4.79 Å². The third-order valence-electron chi connectivity index (χ3n) is 14.1. The van der Waals surface area contributed by atoms with Gasteiger partial charge < -0.3 is 24.1 Å². The molecule has 2 bridgehead atoms. The van der Waals surface area contributed by atoms with Gasteiger partial charge in [-0.25, -0.2) is 0 Å². The fraction of sp³-hybridized carbons (Fsp3) is 0.903. The van der Waals surface area contributed by atoms with Gasteiger partial charge in [0.05, 0.1) is 24.2 Å². The summed E-state index contributed by atoms with van der Waals surface area (Å²) < 4.78 is 25.9. The third kappa shape index (κ3) is 2.37. The lowest BCUT2D eigenvalue weighted by Gasteiger charge is -2.72. The lowest BCUT2D eigenvalue weighted by atomic mass is 9.31. The summed E-state index contributed by atoms with van der Waals surface area (Å²) in [6.07, 6.45) is 8.26. The Morgan fingerprint density at radius 3 is 2.54 bits per heavy atom. The first-order valence-corrected chi connectivity index (χ1v) is 14.9. The second-order valence-electron chi connectivity index (χ2n) is 15.5. The maximum Gasteiger partial charge on any atom is 0.313 e. The zero-order chi connectivity index (χ0) is 26.0. The Balaban J connectivity index is 1.23. The average Bonchev–Trinajstić information content (AvgIpc) is 3.58. The molecule has 8 rings (SSSR count). The fourth-order valence-corrected chi connectivity index (χ4v) is 12.2. The minimum atomic E-state index is -0.979. The van der Waals surface area contributed by atoms with Crippen molar-refractivity contribution < 1.29 is 28.8 Å². The van der Waals surface area contributed by atoms with E-state index in [2.05, 4.69) is 27.4 Å². The standard InChI is InChI=1S/C31H44O6/c1-17-7-12-29-14-13-28(6)27(5)11-8-18-26(4,10-9-20-30(18,33)16-34-25(2,3)36-20)22(27)21-23(35-21)31(28,19(29)15-17)37-24(29)32/h18-23,33H,1,7-16H2,2-6H3. The number of rotatable bonds is 0. The first-order valence-electron chi connectivity index (χ1n) is 14.9. The molecule has 8 aliphatic rings. The molecule has 0 amide bonds. The van der Waals surface area contributed by atoms with E-state index < -0.39 is 17.0 Å². The number of hydrogen-bond donors (Lipinski definition) is 1. The van der Waals surface area contributed by atoms with Crippen LogP contribution in [0.15, 0.2) is 12.2 Å². The molecule has 5 aliphatic carbocycles. The van der Waals surface area contributed by atoms with E-state index in [-0.39, 0.29) is 57.8 Å². The van der Waals surface area contributed by atoms with Gasteiger partial charge >= 0.3 is 5.97 Å². The largest absolute Gasteiger partial charge is 0.455 e. The van der Waals surface area contributed by atoms with E-state index in [1.54, 1.807) is 0 Å². The molecule has 1 N–H and O–H groups in total. The molecule has 12 atom stereocenters. The van der Waals surface area contributed by atoms with Crippen LogP contribution in [-0.4, -0.2) is 53.0 Å². The predicted molar refractivity (Wildman–Crippen MR) is 135 cm³/mol. The summed E-state index contributed by atoms with van der Waals surface area (Å²) in [5, 5.41) is 12.2. The average molecular weight is 513 g/mol. The van der Waals surface area contributed by atoms with Crippen molar-refractivity contribution >= 4 is 5.97 Å². The van der Waals surface area contributed by atoms with E-state index in [0.29, 0.717) is 12.5 Å². The molecule has 5 saturated carbocycles. The molecule has 6 nitrogen and oxygen atoms in total.